The Morgan fingerprint density at radius 1 is 1.22 bits per heavy atom. The summed E-state index contributed by atoms with van der Waals surface area (Å²) in [4.78, 5) is 16.1. The van der Waals surface area contributed by atoms with Crippen molar-refractivity contribution in [1.82, 2.24) is 14.6 Å². The van der Waals surface area contributed by atoms with Crippen LogP contribution in [0.25, 0.3) is 5.52 Å². The van der Waals surface area contributed by atoms with Crippen molar-refractivity contribution < 1.29 is 14.3 Å². The first-order valence-corrected chi connectivity index (χ1v) is 6.96. The molecule has 2 aromatic heterocycles. The van der Waals surface area contributed by atoms with Crippen LogP contribution in [0.3, 0.4) is 0 Å². The Hall–Kier alpha value is -3.09. The number of aromatic nitrogens is 3. The average Bonchev–Trinajstić information content (AvgIpc) is 2.93. The van der Waals surface area contributed by atoms with E-state index in [0.717, 1.165) is 22.5 Å². The number of benzene rings is 1. The monoisotopic (exact) mass is 312 g/mol. The molecule has 1 aromatic carbocycles. The number of esters is 1. The molecule has 3 aromatic rings. The highest BCUT2D eigenvalue weighted by Crippen LogP contribution is 2.26. The number of nitrogens with one attached hydrogen (secondary N) is 1. The maximum Gasteiger partial charge on any atom is 0.339 e. The normalized spacial score (nSPS) is 10.6. The Bertz CT molecular complexity index is 856. The van der Waals surface area contributed by atoms with E-state index in [4.69, 9.17) is 9.47 Å². The molecule has 2 heterocycles. The molecule has 0 atom stereocenters. The van der Waals surface area contributed by atoms with Crippen LogP contribution in [0.5, 0.6) is 5.75 Å². The molecule has 7 heteroatoms. The van der Waals surface area contributed by atoms with E-state index in [1.165, 1.54) is 13.4 Å². The lowest BCUT2D eigenvalue weighted by molar-refractivity contribution is 0.0600. The van der Waals surface area contributed by atoms with Crippen LogP contribution in [0.4, 0.5) is 11.5 Å². The van der Waals surface area contributed by atoms with Crippen LogP contribution in [0.15, 0.2) is 36.8 Å². The van der Waals surface area contributed by atoms with Crippen molar-refractivity contribution in [3.05, 3.63) is 47.9 Å². The molecule has 3 rings (SSSR count). The lowest BCUT2D eigenvalue weighted by Crippen LogP contribution is -2.01. The Morgan fingerprint density at radius 2 is 1.96 bits per heavy atom. The van der Waals surface area contributed by atoms with Crippen LogP contribution >= 0.6 is 0 Å². The van der Waals surface area contributed by atoms with Gasteiger partial charge in [-0.15, -0.1) is 0 Å². The maximum atomic E-state index is 11.8. The Kier molecular flexibility index (Phi) is 3.84. The molecule has 0 aliphatic heterocycles. The fourth-order valence-corrected chi connectivity index (χ4v) is 2.38. The number of rotatable bonds is 4. The zero-order valence-corrected chi connectivity index (χ0v) is 13.0. The van der Waals surface area contributed by atoms with Gasteiger partial charge in [0.1, 0.15) is 17.6 Å². The summed E-state index contributed by atoms with van der Waals surface area (Å²) >= 11 is 0. The summed E-state index contributed by atoms with van der Waals surface area (Å²) in [5.74, 6) is 0.983. The molecule has 0 bridgehead atoms. The molecule has 1 N–H and O–H groups in total. The minimum atomic E-state index is -0.400. The Balaban J connectivity index is 2.03. The lowest BCUT2D eigenvalue weighted by atomic mass is 10.2. The third-order valence-corrected chi connectivity index (χ3v) is 3.58. The van der Waals surface area contributed by atoms with Gasteiger partial charge < -0.3 is 14.8 Å². The minimum absolute atomic E-state index is 0.400. The third-order valence-electron chi connectivity index (χ3n) is 3.58. The van der Waals surface area contributed by atoms with Gasteiger partial charge >= 0.3 is 5.97 Å². The van der Waals surface area contributed by atoms with Gasteiger partial charge in [-0.25, -0.2) is 14.3 Å². The van der Waals surface area contributed by atoms with Gasteiger partial charge in [0.05, 0.1) is 19.8 Å². The second-order valence-electron chi connectivity index (χ2n) is 4.91. The Morgan fingerprint density at radius 3 is 2.61 bits per heavy atom. The summed E-state index contributed by atoms with van der Waals surface area (Å²) in [6, 6.07) is 7.48. The molecule has 0 amide bonds. The first-order chi connectivity index (χ1) is 11.1. The Labute approximate surface area is 132 Å². The van der Waals surface area contributed by atoms with Crippen LogP contribution in [0.2, 0.25) is 0 Å². The quantitative estimate of drug-likeness (QED) is 0.746. The van der Waals surface area contributed by atoms with Crippen molar-refractivity contribution in [2.45, 2.75) is 6.92 Å². The number of methoxy groups -OCH3 is 2. The van der Waals surface area contributed by atoms with Gasteiger partial charge in [-0.2, -0.15) is 5.10 Å². The molecule has 23 heavy (non-hydrogen) atoms. The summed E-state index contributed by atoms with van der Waals surface area (Å²) in [7, 11) is 2.97. The van der Waals surface area contributed by atoms with Crippen molar-refractivity contribution in [3.63, 3.8) is 0 Å². The molecular formula is C16H16N4O3. The van der Waals surface area contributed by atoms with Gasteiger partial charge in [-0.05, 0) is 36.8 Å². The summed E-state index contributed by atoms with van der Waals surface area (Å²) in [6.07, 6.45) is 3.07. The van der Waals surface area contributed by atoms with E-state index < -0.39 is 5.97 Å². The van der Waals surface area contributed by atoms with Crippen molar-refractivity contribution >= 4 is 23.0 Å². The van der Waals surface area contributed by atoms with Gasteiger partial charge in [-0.3, -0.25) is 0 Å². The van der Waals surface area contributed by atoms with Crippen LogP contribution < -0.4 is 10.1 Å². The van der Waals surface area contributed by atoms with Crippen LogP contribution in [0, 0.1) is 6.92 Å². The summed E-state index contributed by atoms with van der Waals surface area (Å²) in [5.41, 5.74) is 2.80. The molecule has 0 spiro atoms. The van der Waals surface area contributed by atoms with Crippen LogP contribution in [0.1, 0.15) is 15.9 Å². The van der Waals surface area contributed by atoms with Gasteiger partial charge in [0, 0.05) is 11.9 Å². The molecule has 0 saturated heterocycles. The summed E-state index contributed by atoms with van der Waals surface area (Å²) in [6.45, 7) is 1.84. The van der Waals surface area contributed by atoms with Gasteiger partial charge in [0.2, 0.25) is 0 Å². The molecule has 0 aliphatic rings. The molecule has 0 radical (unpaired) electrons. The predicted molar refractivity (Wildman–Crippen MR) is 85.3 cm³/mol. The SMILES string of the molecule is COC(=O)c1cn2ncnc(Nc3ccc(OC)cc3)c2c1C. The van der Waals surface area contributed by atoms with Gasteiger partial charge in [0.25, 0.3) is 0 Å². The molecule has 7 nitrogen and oxygen atoms in total. The second kappa shape index (κ2) is 5.96. The van der Waals surface area contributed by atoms with E-state index in [1.54, 1.807) is 17.8 Å². The summed E-state index contributed by atoms with van der Waals surface area (Å²) < 4.78 is 11.5. The fraction of sp³-hybridized carbons (Fsp3) is 0.188. The molecular weight excluding hydrogens is 296 g/mol. The number of ether oxygens (including phenoxy) is 2. The zero-order chi connectivity index (χ0) is 16.4. The van der Waals surface area contributed by atoms with E-state index in [0.29, 0.717) is 11.4 Å². The van der Waals surface area contributed by atoms with E-state index in [2.05, 4.69) is 15.4 Å². The maximum absolute atomic E-state index is 11.8. The van der Waals surface area contributed by atoms with Gasteiger partial charge in [-0.1, -0.05) is 0 Å². The third kappa shape index (κ3) is 2.68. The van der Waals surface area contributed by atoms with Crippen molar-refractivity contribution in [3.8, 4) is 5.75 Å². The van der Waals surface area contributed by atoms with E-state index in [1.807, 2.05) is 31.2 Å². The van der Waals surface area contributed by atoms with Crippen molar-refractivity contribution in [1.29, 1.82) is 0 Å². The highest BCUT2D eigenvalue weighted by Gasteiger charge is 2.18. The predicted octanol–water partition coefficient (Wildman–Crippen LogP) is 2.58. The standard InChI is InChI=1S/C16H16N4O3/c1-10-13(16(21)23-3)8-20-14(10)15(17-9-18-20)19-11-4-6-12(22-2)7-5-11/h4-9H,1-3H3,(H,17,18,19). The number of aryl methyl sites for hydroxylation is 1. The van der Waals surface area contributed by atoms with Crippen LogP contribution in [-0.2, 0) is 4.74 Å². The largest absolute Gasteiger partial charge is 0.497 e. The number of fused-ring (bicyclic) bond motifs is 1. The number of carbonyl (C=O) groups is 1. The molecule has 0 aliphatic carbocycles. The van der Waals surface area contributed by atoms with Crippen molar-refractivity contribution in [2.75, 3.05) is 19.5 Å². The first kappa shape index (κ1) is 14.8. The highest BCUT2D eigenvalue weighted by molar-refractivity contribution is 5.95. The topological polar surface area (TPSA) is 77.8 Å². The molecule has 118 valence electrons. The number of anilines is 2. The lowest BCUT2D eigenvalue weighted by Gasteiger charge is -2.08. The van der Waals surface area contributed by atoms with E-state index in [-0.39, 0.29) is 0 Å². The van der Waals surface area contributed by atoms with Crippen LogP contribution in [-0.4, -0.2) is 34.8 Å². The smallest absolute Gasteiger partial charge is 0.339 e. The first-order valence-electron chi connectivity index (χ1n) is 6.96. The number of carbonyl (C=O) groups excluding carboxylic acids is 1. The summed E-state index contributed by atoms with van der Waals surface area (Å²) in [5, 5.41) is 7.38. The fourth-order valence-electron chi connectivity index (χ4n) is 2.38. The minimum Gasteiger partial charge on any atom is -0.497 e. The zero-order valence-electron chi connectivity index (χ0n) is 13.0. The van der Waals surface area contributed by atoms with E-state index in [9.17, 15) is 4.79 Å². The highest BCUT2D eigenvalue weighted by atomic mass is 16.5. The van der Waals surface area contributed by atoms with E-state index >= 15 is 0 Å². The van der Waals surface area contributed by atoms with Gasteiger partial charge in [0.15, 0.2) is 5.82 Å². The number of hydrogen-bond acceptors (Lipinski definition) is 6. The molecule has 0 fully saturated rings. The molecule has 0 saturated carbocycles. The van der Waals surface area contributed by atoms with Crippen molar-refractivity contribution in [2.24, 2.45) is 0 Å². The second-order valence-corrected chi connectivity index (χ2v) is 4.91. The average molecular weight is 312 g/mol. The number of nitrogens with zero attached hydrogens (tertiary/aromatic N) is 3. The molecule has 0 unspecified atom stereocenters. The number of hydrogen-bond donors (Lipinski definition) is 1.